The van der Waals surface area contributed by atoms with E-state index in [4.69, 9.17) is 0 Å². The molecule has 0 aliphatic carbocycles. The zero-order valence-corrected chi connectivity index (χ0v) is 15.4. The fourth-order valence-corrected chi connectivity index (χ4v) is 3.34. The molecular weight excluding hydrogens is 351 g/mol. The van der Waals surface area contributed by atoms with Gasteiger partial charge in [0, 0.05) is 30.0 Å². The number of hydrogen-bond acceptors (Lipinski definition) is 4. The number of anilines is 1. The average molecular weight is 372 g/mol. The van der Waals surface area contributed by atoms with E-state index in [1.165, 1.54) is 17.0 Å². The van der Waals surface area contributed by atoms with Crippen LogP contribution in [0.4, 0.5) is 14.9 Å². The Kier molecular flexibility index (Phi) is 4.82. The molecule has 2 amide bonds. The van der Waals surface area contributed by atoms with Crippen molar-refractivity contribution in [3.8, 4) is 11.4 Å². The first-order valence-electron chi connectivity index (χ1n) is 8.60. The fourth-order valence-electron chi connectivity index (χ4n) is 3.34. The first-order valence-corrected chi connectivity index (χ1v) is 8.60. The summed E-state index contributed by atoms with van der Waals surface area (Å²) >= 11 is 0. The molecule has 142 valence electrons. The summed E-state index contributed by atoms with van der Waals surface area (Å²) in [6.07, 6.45) is 2.27. The second-order valence-electron chi connectivity index (χ2n) is 7.36. The number of carboxylic acid groups (broad SMARTS) is 1. The first kappa shape index (κ1) is 18.8. The fraction of sp³-hybridized carbons (Fsp3) is 0.368. The van der Waals surface area contributed by atoms with Gasteiger partial charge in [-0.1, -0.05) is 0 Å². The molecule has 1 aliphatic rings. The highest BCUT2D eigenvalue weighted by molar-refractivity contribution is 6.01. The van der Waals surface area contributed by atoms with E-state index < -0.39 is 29.4 Å². The molecule has 0 unspecified atom stereocenters. The highest BCUT2D eigenvalue weighted by atomic mass is 19.1. The molecule has 2 heterocycles. The molecule has 1 N–H and O–H groups in total. The number of carbonyl (C=O) groups excluding carboxylic acids is 1. The van der Waals surface area contributed by atoms with Crippen molar-refractivity contribution in [2.75, 3.05) is 11.4 Å². The van der Waals surface area contributed by atoms with Crippen molar-refractivity contribution in [3.63, 3.8) is 0 Å². The summed E-state index contributed by atoms with van der Waals surface area (Å²) in [6, 6.07) is 5.26. The monoisotopic (exact) mass is 372 g/mol. The number of rotatable bonds is 3. The summed E-state index contributed by atoms with van der Waals surface area (Å²) in [5, 5.41) is 9.53. The Morgan fingerprint density at radius 2 is 1.96 bits per heavy atom. The Labute approximate surface area is 156 Å². The molecule has 3 rings (SSSR count). The van der Waals surface area contributed by atoms with E-state index in [1.807, 2.05) is 0 Å². The maximum absolute atomic E-state index is 14.7. The zero-order valence-electron chi connectivity index (χ0n) is 15.4. The van der Waals surface area contributed by atoms with E-state index in [0.29, 0.717) is 17.8 Å². The van der Waals surface area contributed by atoms with Crippen LogP contribution in [-0.2, 0) is 4.79 Å². The van der Waals surface area contributed by atoms with Gasteiger partial charge >= 0.3 is 6.09 Å². The Morgan fingerprint density at radius 1 is 1.30 bits per heavy atom. The third-order valence-corrected chi connectivity index (χ3v) is 4.48. The Hall–Kier alpha value is -3.03. The zero-order chi connectivity index (χ0) is 19.8. The van der Waals surface area contributed by atoms with Gasteiger partial charge in [0.1, 0.15) is 11.9 Å². The van der Waals surface area contributed by atoms with Crippen LogP contribution in [0.25, 0.3) is 11.4 Å². The molecule has 0 radical (unpaired) electrons. The van der Waals surface area contributed by atoms with Gasteiger partial charge in [-0.3, -0.25) is 9.69 Å². The lowest BCUT2D eigenvalue weighted by atomic mass is 10.0. The van der Waals surface area contributed by atoms with Crippen LogP contribution in [0.15, 0.2) is 36.7 Å². The molecule has 2 aromatic rings. The second kappa shape index (κ2) is 6.94. The van der Waals surface area contributed by atoms with Gasteiger partial charge in [0.25, 0.3) is 0 Å². The van der Waals surface area contributed by atoms with Gasteiger partial charge in [-0.05, 0) is 51.5 Å². The molecule has 0 bridgehead atoms. The molecule has 27 heavy (non-hydrogen) atoms. The van der Waals surface area contributed by atoms with Gasteiger partial charge in [0.2, 0.25) is 5.91 Å². The lowest BCUT2D eigenvalue weighted by Crippen LogP contribution is -2.54. The second-order valence-corrected chi connectivity index (χ2v) is 7.36. The van der Waals surface area contributed by atoms with E-state index in [9.17, 15) is 19.1 Å². The highest BCUT2D eigenvalue weighted by Gasteiger charge is 2.43. The number of hydrogen-bond donors (Lipinski definition) is 1. The molecule has 8 heteroatoms. The van der Waals surface area contributed by atoms with Crippen LogP contribution in [0.5, 0.6) is 0 Å². The van der Waals surface area contributed by atoms with E-state index >= 15 is 0 Å². The van der Waals surface area contributed by atoms with E-state index in [-0.39, 0.29) is 12.2 Å². The summed E-state index contributed by atoms with van der Waals surface area (Å²) in [4.78, 5) is 35.1. The molecule has 7 nitrogen and oxygen atoms in total. The molecule has 1 atom stereocenters. The van der Waals surface area contributed by atoms with Crippen LogP contribution < -0.4 is 4.90 Å². The van der Waals surface area contributed by atoms with Crippen LogP contribution in [-0.4, -0.2) is 50.1 Å². The average Bonchev–Trinajstić information content (AvgIpc) is 2.95. The summed E-state index contributed by atoms with van der Waals surface area (Å²) in [7, 11) is 0. The van der Waals surface area contributed by atoms with Crippen LogP contribution >= 0.6 is 0 Å². The minimum atomic E-state index is -1.17. The number of amides is 2. The number of halogens is 1. The standard InChI is InChI=1S/C19H21FN4O3/c1-19(2,3)24(18(26)27)15-7-10-23(17(15)25)14-6-5-12(11-13(14)20)16-21-8-4-9-22-16/h4-6,8-9,11,15H,7,10H2,1-3H3,(H,26,27)/t15-/m0/s1. The summed E-state index contributed by atoms with van der Waals surface area (Å²) in [6.45, 7) is 5.44. The van der Waals surface area contributed by atoms with E-state index in [0.717, 1.165) is 4.90 Å². The predicted octanol–water partition coefficient (Wildman–Crippen LogP) is 3.17. The van der Waals surface area contributed by atoms with Crippen molar-refractivity contribution in [2.24, 2.45) is 0 Å². The molecule has 1 aromatic heterocycles. The molecule has 1 fully saturated rings. The SMILES string of the molecule is CC(C)(C)N(C(=O)O)[C@H]1CCN(c2ccc(-c3ncccn3)cc2F)C1=O. The quantitative estimate of drug-likeness (QED) is 0.894. The smallest absolute Gasteiger partial charge is 0.408 e. The van der Waals surface area contributed by atoms with Crippen molar-refractivity contribution in [3.05, 3.63) is 42.5 Å². The molecule has 0 spiro atoms. The number of nitrogens with zero attached hydrogens (tertiary/aromatic N) is 4. The van der Waals surface area contributed by atoms with Crippen molar-refractivity contribution in [1.29, 1.82) is 0 Å². The van der Waals surface area contributed by atoms with Gasteiger partial charge in [-0.2, -0.15) is 0 Å². The van der Waals surface area contributed by atoms with Crippen molar-refractivity contribution in [1.82, 2.24) is 14.9 Å². The lowest BCUT2D eigenvalue weighted by Gasteiger charge is -2.36. The number of carbonyl (C=O) groups is 2. The normalized spacial score (nSPS) is 17.3. The number of aromatic nitrogens is 2. The van der Waals surface area contributed by atoms with Crippen molar-refractivity contribution in [2.45, 2.75) is 38.8 Å². The van der Waals surface area contributed by atoms with Gasteiger partial charge in [0.05, 0.1) is 5.69 Å². The van der Waals surface area contributed by atoms with E-state index in [1.54, 1.807) is 45.3 Å². The molecule has 0 saturated carbocycles. The molecule has 1 saturated heterocycles. The minimum absolute atomic E-state index is 0.126. The number of benzene rings is 1. The molecule has 1 aromatic carbocycles. The third-order valence-electron chi connectivity index (χ3n) is 4.48. The molecule has 1 aliphatic heterocycles. The predicted molar refractivity (Wildman–Crippen MR) is 97.8 cm³/mol. The topological polar surface area (TPSA) is 86.6 Å². The Morgan fingerprint density at radius 3 is 2.52 bits per heavy atom. The largest absolute Gasteiger partial charge is 0.465 e. The van der Waals surface area contributed by atoms with Crippen LogP contribution in [0, 0.1) is 5.82 Å². The van der Waals surface area contributed by atoms with Crippen LogP contribution in [0.1, 0.15) is 27.2 Å². The van der Waals surface area contributed by atoms with Crippen LogP contribution in [0.2, 0.25) is 0 Å². The van der Waals surface area contributed by atoms with Gasteiger partial charge < -0.3 is 10.0 Å². The van der Waals surface area contributed by atoms with Gasteiger partial charge in [0.15, 0.2) is 5.82 Å². The maximum Gasteiger partial charge on any atom is 0.408 e. The summed E-state index contributed by atoms with van der Waals surface area (Å²) < 4.78 is 14.7. The highest BCUT2D eigenvalue weighted by Crippen LogP contribution is 2.31. The Bertz CT molecular complexity index is 867. The summed E-state index contributed by atoms with van der Waals surface area (Å²) in [5.41, 5.74) is -0.113. The lowest BCUT2D eigenvalue weighted by molar-refractivity contribution is -0.122. The third kappa shape index (κ3) is 3.60. The summed E-state index contributed by atoms with van der Waals surface area (Å²) in [5.74, 6) is -0.611. The molecular formula is C19H21FN4O3. The maximum atomic E-state index is 14.7. The van der Waals surface area contributed by atoms with E-state index in [2.05, 4.69) is 9.97 Å². The van der Waals surface area contributed by atoms with Crippen molar-refractivity contribution >= 4 is 17.7 Å². The van der Waals surface area contributed by atoms with Crippen LogP contribution in [0.3, 0.4) is 0 Å². The van der Waals surface area contributed by atoms with Crippen molar-refractivity contribution < 1.29 is 19.1 Å². The Balaban J connectivity index is 1.88. The minimum Gasteiger partial charge on any atom is -0.465 e. The first-order chi connectivity index (χ1) is 12.7. The van der Waals surface area contributed by atoms with Gasteiger partial charge in [-0.15, -0.1) is 0 Å². The van der Waals surface area contributed by atoms with Gasteiger partial charge in [-0.25, -0.2) is 19.2 Å².